The second-order valence-electron chi connectivity index (χ2n) is 1.28. The minimum atomic E-state index is -0.347. The Morgan fingerprint density at radius 3 is 3.25 bits per heavy atom. The summed E-state index contributed by atoms with van der Waals surface area (Å²) in [6.07, 6.45) is 7.70. The molecule has 0 fully saturated rings. The van der Waals surface area contributed by atoms with Gasteiger partial charge in [-0.2, -0.15) is 0 Å². The third kappa shape index (κ3) is 2.27. The number of hydrogen-bond donors (Lipinski definition) is 0. The van der Waals surface area contributed by atoms with Gasteiger partial charge in [-0.15, -0.1) is 0 Å². The molecule has 2 heteroatoms. The average molecular weight is 301 g/mol. The number of hydrogen-bond acceptors (Lipinski definition) is 1. The summed E-state index contributed by atoms with van der Waals surface area (Å²) < 4.78 is 4.49. The molecule has 0 saturated carbocycles. The van der Waals surface area contributed by atoms with E-state index >= 15 is 0 Å². The Labute approximate surface area is 59.9 Å². The van der Waals surface area contributed by atoms with E-state index in [1.165, 1.54) is 0 Å². The Morgan fingerprint density at radius 1 is 1.25 bits per heavy atom. The second-order valence-corrected chi connectivity index (χ2v) is 4.76. The van der Waals surface area contributed by atoms with Crippen LogP contribution in [0.4, 0.5) is 0 Å². The Bertz CT molecular complexity index is 109. The Balaban J connectivity index is 2.67. The molecule has 0 N–H and O–H groups in total. The Hall–Kier alpha value is -0.0969. The van der Waals surface area contributed by atoms with Crippen LogP contribution >= 0.6 is 0 Å². The minimum absolute atomic E-state index is 0.347. The molecule has 1 aliphatic rings. The van der Waals surface area contributed by atoms with E-state index in [9.17, 15) is 0 Å². The average Bonchev–Trinajstić information content (AvgIpc) is 1.62. The van der Waals surface area contributed by atoms with E-state index in [1.807, 2.05) is 24.6 Å². The van der Waals surface area contributed by atoms with Crippen LogP contribution in [0.2, 0.25) is 0 Å². The molecule has 1 nitrogen and oxygen atoms in total. The molecule has 40 valence electrons. The second kappa shape index (κ2) is 3.85. The van der Waals surface area contributed by atoms with Crippen LogP contribution in [0.3, 0.4) is 0 Å². The van der Waals surface area contributed by atoms with Crippen LogP contribution in [-0.2, 0) is 0 Å². The van der Waals surface area contributed by atoms with Crippen molar-refractivity contribution >= 4 is 32.7 Å². The summed E-state index contributed by atoms with van der Waals surface area (Å²) in [5.41, 5.74) is 0. The molecule has 0 bridgehead atoms. The van der Waals surface area contributed by atoms with Gasteiger partial charge in [0.2, 0.25) is 0 Å². The molecule has 0 atom stereocenters. The van der Waals surface area contributed by atoms with Crippen LogP contribution in [0, 0.1) is 0 Å². The first-order valence-electron chi connectivity index (χ1n) is 2.37. The van der Waals surface area contributed by atoms with Gasteiger partial charge in [-0.1, -0.05) is 0 Å². The normalized spacial score (nSPS) is 32.0. The zero-order valence-corrected chi connectivity index (χ0v) is 7.84. The van der Waals surface area contributed by atoms with Gasteiger partial charge in [-0.25, -0.2) is 0 Å². The maximum atomic E-state index is 3.94. The van der Waals surface area contributed by atoms with Crippen molar-refractivity contribution in [2.24, 2.45) is 4.99 Å². The van der Waals surface area contributed by atoms with Crippen LogP contribution in [-0.4, -0.2) is 32.7 Å². The van der Waals surface area contributed by atoms with Gasteiger partial charge in [0.25, 0.3) is 0 Å². The van der Waals surface area contributed by atoms with Crippen LogP contribution in [0.15, 0.2) is 27.1 Å². The van der Waals surface area contributed by atoms with Crippen LogP contribution in [0.5, 0.6) is 0 Å². The van der Waals surface area contributed by atoms with Gasteiger partial charge in [0.1, 0.15) is 0 Å². The molecule has 0 aliphatic carbocycles. The fourth-order valence-corrected chi connectivity index (χ4v) is 2.13. The molecular weight excluding hydrogens is 295 g/mol. The zero-order chi connectivity index (χ0) is 5.66. The van der Waals surface area contributed by atoms with E-state index in [2.05, 4.69) is 12.5 Å². The van der Waals surface area contributed by atoms with Crippen molar-refractivity contribution in [3.8, 4) is 0 Å². The van der Waals surface area contributed by atoms with Crippen LogP contribution in [0.25, 0.3) is 0 Å². The zero-order valence-electron chi connectivity index (χ0n) is 4.36. The number of rotatable bonds is 0. The van der Waals surface area contributed by atoms with Crippen molar-refractivity contribution in [1.29, 1.82) is 0 Å². The summed E-state index contributed by atoms with van der Waals surface area (Å²) in [5.74, 6) is 0. The Kier molecular flexibility index (Phi) is 2.90. The molecule has 0 unspecified atom stereocenters. The molecule has 1 aliphatic heterocycles. The van der Waals surface area contributed by atoms with E-state index in [0.717, 1.165) is 0 Å². The van der Waals surface area contributed by atoms with Gasteiger partial charge in [0, 0.05) is 0 Å². The predicted octanol–water partition coefficient (Wildman–Crippen LogP) is 0.605. The number of aliphatic imine (C=N–C) groups is 1. The standard InChI is InChI=1S/C6H6N.Bi/c1-3-5-7-6-4-2;/h1-6H;/b3-1?,6-4-,7-5-;. The molecule has 0 radical (unpaired) electrons. The van der Waals surface area contributed by atoms with Crippen molar-refractivity contribution in [3.05, 3.63) is 22.1 Å². The molecule has 8 heavy (non-hydrogen) atoms. The predicted molar refractivity (Wildman–Crippen MR) is 38.6 cm³/mol. The van der Waals surface area contributed by atoms with Gasteiger partial charge < -0.3 is 0 Å². The molecule has 1 rings (SSSR count). The molecule has 0 amide bonds. The summed E-state index contributed by atoms with van der Waals surface area (Å²) >= 11 is -0.347. The molecular formula is C6H6BiN. The summed E-state index contributed by atoms with van der Waals surface area (Å²) in [7, 11) is 0. The van der Waals surface area contributed by atoms with E-state index in [1.54, 1.807) is 0 Å². The molecule has 0 aromatic carbocycles. The first-order chi connectivity index (χ1) is 4.00. The van der Waals surface area contributed by atoms with E-state index in [-0.39, 0.29) is 22.8 Å². The summed E-state index contributed by atoms with van der Waals surface area (Å²) in [4.78, 5) is 3.94. The van der Waals surface area contributed by atoms with Gasteiger partial charge in [-0.3, -0.25) is 0 Å². The molecule has 0 aromatic rings. The van der Waals surface area contributed by atoms with Gasteiger partial charge >= 0.3 is 59.8 Å². The number of nitrogens with zero attached hydrogens (tertiary/aromatic N) is 1. The third-order valence-corrected chi connectivity index (χ3v) is 3.37. The van der Waals surface area contributed by atoms with Crippen molar-refractivity contribution < 1.29 is 0 Å². The molecule has 0 saturated heterocycles. The van der Waals surface area contributed by atoms with Crippen molar-refractivity contribution in [3.63, 3.8) is 0 Å². The Morgan fingerprint density at radius 2 is 2.25 bits per heavy atom. The van der Waals surface area contributed by atoms with Crippen LogP contribution < -0.4 is 0 Å². The molecule has 1 heterocycles. The number of allylic oxidation sites excluding steroid dienone is 2. The van der Waals surface area contributed by atoms with Crippen LogP contribution in [0.1, 0.15) is 0 Å². The maximum absolute atomic E-state index is 3.94. The van der Waals surface area contributed by atoms with Gasteiger partial charge in [-0.05, 0) is 0 Å². The summed E-state index contributed by atoms with van der Waals surface area (Å²) in [5, 5.41) is 0. The van der Waals surface area contributed by atoms with Crippen molar-refractivity contribution in [2.75, 3.05) is 0 Å². The van der Waals surface area contributed by atoms with Crippen molar-refractivity contribution in [2.45, 2.75) is 0 Å². The topological polar surface area (TPSA) is 12.4 Å². The fraction of sp³-hybridized carbons (Fsp3) is 0. The van der Waals surface area contributed by atoms with Gasteiger partial charge in [0.05, 0.1) is 0 Å². The first-order valence-corrected chi connectivity index (χ1v) is 6.38. The van der Waals surface area contributed by atoms with Crippen molar-refractivity contribution in [1.82, 2.24) is 0 Å². The molecule has 0 spiro atoms. The summed E-state index contributed by atoms with van der Waals surface area (Å²) in [6.45, 7) is 0. The third-order valence-electron chi connectivity index (χ3n) is 0.689. The summed E-state index contributed by atoms with van der Waals surface area (Å²) in [6, 6.07) is 0. The monoisotopic (exact) mass is 301 g/mol. The SMILES string of the molecule is C1=C\N=C/C=[CH]\[Bi]=[CH]/1. The molecule has 0 aromatic heterocycles. The van der Waals surface area contributed by atoms with E-state index in [4.69, 9.17) is 0 Å². The first kappa shape index (κ1) is 6.03. The van der Waals surface area contributed by atoms with E-state index in [0.29, 0.717) is 0 Å². The fourth-order valence-electron chi connectivity index (χ4n) is 0.375. The van der Waals surface area contributed by atoms with E-state index < -0.39 is 0 Å². The quantitative estimate of drug-likeness (QED) is 0.581. The van der Waals surface area contributed by atoms with Gasteiger partial charge in [0.15, 0.2) is 0 Å².